The van der Waals surface area contributed by atoms with E-state index in [0.717, 1.165) is 5.56 Å². The lowest BCUT2D eigenvalue weighted by molar-refractivity contribution is -0.139. The van der Waals surface area contributed by atoms with Crippen LogP contribution in [0.15, 0.2) is 22.7 Å². The Hall–Kier alpha value is -0.750. The highest BCUT2D eigenvalue weighted by Gasteiger charge is 2.26. The van der Waals surface area contributed by atoms with Crippen LogP contribution in [0.25, 0.3) is 0 Å². The quantitative estimate of drug-likeness (QED) is 0.918. The second kappa shape index (κ2) is 5.73. The van der Waals surface area contributed by atoms with E-state index in [-0.39, 0.29) is 12.6 Å². The maximum absolute atomic E-state index is 11.9. The lowest BCUT2D eigenvalue weighted by Crippen LogP contribution is -2.13. The number of rotatable bonds is 4. The van der Waals surface area contributed by atoms with Crippen molar-refractivity contribution in [3.8, 4) is 5.75 Å². The molecule has 0 aliphatic heterocycles. The highest BCUT2D eigenvalue weighted by atomic mass is 79.9. The van der Waals surface area contributed by atoms with Gasteiger partial charge in [0, 0.05) is 6.04 Å². The molecule has 0 heterocycles. The van der Waals surface area contributed by atoms with E-state index in [0.29, 0.717) is 10.2 Å². The topological polar surface area (TPSA) is 35.2 Å². The van der Waals surface area contributed by atoms with Gasteiger partial charge in [0.15, 0.2) is 0 Å². The van der Waals surface area contributed by atoms with Gasteiger partial charge in [-0.1, -0.05) is 6.07 Å². The van der Waals surface area contributed by atoms with Gasteiger partial charge in [-0.25, -0.2) is 0 Å². The zero-order valence-corrected chi connectivity index (χ0v) is 10.8. The molecule has 6 heteroatoms. The summed E-state index contributed by atoms with van der Waals surface area (Å²) < 4.78 is 41.4. The summed E-state index contributed by atoms with van der Waals surface area (Å²) in [6.07, 6.45) is -5.16. The SMILES string of the molecule is C[C@H](N)c1ccc(OCCC(F)(F)F)c(Br)c1. The Balaban J connectivity index is 2.61. The maximum atomic E-state index is 11.9. The molecule has 1 aromatic rings. The van der Waals surface area contributed by atoms with Crippen LogP contribution in [-0.2, 0) is 0 Å². The Morgan fingerprint density at radius 2 is 2.06 bits per heavy atom. The van der Waals surface area contributed by atoms with Crippen LogP contribution in [0.4, 0.5) is 13.2 Å². The fourth-order valence-corrected chi connectivity index (χ4v) is 1.71. The zero-order chi connectivity index (χ0) is 13.1. The molecule has 2 N–H and O–H groups in total. The van der Waals surface area contributed by atoms with Gasteiger partial charge >= 0.3 is 6.18 Å². The van der Waals surface area contributed by atoms with Crippen molar-refractivity contribution >= 4 is 15.9 Å². The minimum absolute atomic E-state index is 0.129. The molecule has 17 heavy (non-hydrogen) atoms. The molecule has 0 saturated carbocycles. The van der Waals surface area contributed by atoms with Crippen molar-refractivity contribution in [1.29, 1.82) is 0 Å². The molecule has 0 aliphatic carbocycles. The number of nitrogens with two attached hydrogens (primary N) is 1. The van der Waals surface area contributed by atoms with E-state index in [4.69, 9.17) is 10.5 Å². The summed E-state index contributed by atoms with van der Waals surface area (Å²) in [4.78, 5) is 0. The first-order valence-electron chi connectivity index (χ1n) is 5.04. The predicted molar refractivity (Wildman–Crippen MR) is 62.9 cm³/mol. The normalized spacial score (nSPS) is 13.5. The van der Waals surface area contributed by atoms with E-state index in [9.17, 15) is 13.2 Å². The maximum Gasteiger partial charge on any atom is 0.392 e. The van der Waals surface area contributed by atoms with Gasteiger partial charge in [0.1, 0.15) is 5.75 Å². The van der Waals surface area contributed by atoms with Crippen molar-refractivity contribution in [1.82, 2.24) is 0 Å². The Labute approximate surface area is 106 Å². The smallest absolute Gasteiger partial charge is 0.392 e. The van der Waals surface area contributed by atoms with Crippen LogP contribution in [0.3, 0.4) is 0 Å². The summed E-state index contributed by atoms with van der Waals surface area (Å²) in [5.74, 6) is 0.388. The summed E-state index contributed by atoms with van der Waals surface area (Å²) in [5, 5.41) is 0. The van der Waals surface area contributed by atoms with Gasteiger partial charge in [0.25, 0.3) is 0 Å². The molecule has 0 bridgehead atoms. The van der Waals surface area contributed by atoms with Crippen LogP contribution < -0.4 is 10.5 Å². The molecule has 0 spiro atoms. The van der Waals surface area contributed by atoms with E-state index in [2.05, 4.69) is 15.9 Å². The second-order valence-electron chi connectivity index (χ2n) is 3.69. The van der Waals surface area contributed by atoms with Gasteiger partial charge < -0.3 is 10.5 Å². The molecule has 0 unspecified atom stereocenters. The first kappa shape index (κ1) is 14.3. The van der Waals surface area contributed by atoms with Crippen molar-refractivity contribution in [3.63, 3.8) is 0 Å². The van der Waals surface area contributed by atoms with Crippen LogP contribution in [0.1, 0.15) is 24.9 Å². The summed E-state index contributed by atoms with van der Waals surface area (Å²) >= 11 is 3.23. The lowest BCUT2D eigenvalue weighted by atomic mass is 10.1. The fourth-order valence-electron chi connectivity index (χ4n) is 1.19. The van der Waals surface area contributed by atoms with Crippen molar-refractivity contribution < 1.29 is 17.9 Å². The van der Waals surface area contributed by atoms with Gasteiger partial charge in [-0.05, 0) is 40.5 Å². The summed E-state index contributed by atoms with van der Waals surface area (Å²) in [6.45, 7) is 1.44. The van der Waals surface area contributed by atoms with E-state index >= 15 is 0 Å². The number of benzene rings is 1. The van der Waals surface area contributed by atoms with E-state index in [1.807, 2.05) is 6.92 Å². The van der Waals surface area contributed by atoms with Crippen LogP contribution in [0, 0.1) is 0 Å². The molecule has 1 rings (SSSR count). The average molecular weight is 312 g/mol. The molecular weight excluding hydrogens is 299 g/mol. The molecular formula is C11H13BrF3NO. The minimum Gasteiger partial charge on any atom is -0.492 e. The number of hydrogen-bond acceptors (Lipinski definition) is 2. The third-order valence-electron chi connectivity index (χ3n) is 2.12. The van der Waals surface area contributed by atoms with Crippen molar-refractivity contribution in [3.05, 3.63) is 28.2 Å². The molecule has 0 fully saturated rings. The number of hydrogen-bond donors (Lipinski definition) is 1. The fraction of sp³-hybridized carbons (Fsp3) is 0.455. The molecule has 96 valence electrons. The van der Waals surface area contributed by atoms with Crippen LogP contribution in [0.5, 0.6) is 5.75 Å². The Kier molecular flexibility index (Phi) is 4.82. The number of halogens is 4. The minimum atomic E-state index is -4.20. The summed E-state index contributed by atoms with van der Waals surface area (Å²) in [6, 6.07) is 4.96. The van der Waals surface area contributed by atoms with E-state index in [1.165, 1.54) is 0 Å². The second-order valence-corrected chi connectivity index (χ2v) is 4.55. The number of ether oxygens (including phenoxy) is 1. The third-order valence-corrected chi connectivity index (χ3v) is 2.74. The van der Waals surface area contributed by atoms with Crippen LogP contribution >= 0.6 is 15.9 Å². The Morgan fingerprint density at radius 1 is 1.41 bits per heavy atom. The lowest BCUT2D eigenvalue weighted by Gasteiger charge is -2.12. The largest absolute Gasteiger partial charge is 0.492 e. The monoisotopic (exact) mass is 311 g/mol. The summed E-state index contributed by atoms with van der Waals surface area (Å²) in [7, 11) is 0. The van der Waals surface area contributed by atoms with Crippen LogP contribution in [-0.4, -0.2) is 12.8 Å². The van der Waals surface area contributed by atoms with Gasteiger partial charge in [0.2, 0.25) is 0 Å². The van der Waals surface area contributed by atoms with E-state index in [1.54, 1.807) is 18.2 Å². The standard InChI is InChI=1S/C11H13BrF3NO/c1-7(16)8-2-3-10(9(12)6-8)17-5-4-11(13,14)15/h2-3,6-7H,4-5,16H2,1H3/t7-/m0/s1. The molecule has 0 saturated heterocycles. The molecule has 2 nitrogen and oxygen atoms in total. The highest BCUT2D eigenvalue weighted by Crippen LogP contribution is 2.28. The molecule has 0 aromatic heterocycles. The zero-order valence-electron chi connectivity index (χ0n) is 9.22. The van der Waals surface area contributed by atoms with Gasteiger partial charge in [-0.2, -0.15) is 13.2 Å². The molecule has 1 aromatic carbocycles. The highest BCUT2D eigenvalue weighted by molar-refractivity contribution is 9.10. The third kappa shape index (κ3) is 4.95. The Bertz CT molecular complexity index is 379. The number of alkyl halides is 3. The first-order valence-corrected chi connectivity index (χ1v) is 5.83. The van der Waals surface area contributed by atoms with Crippen molar-refractivity contribution in [2.45, 2.75) is 25.6 Å². The van der Waals surface area contributed by atoms with E-state index < -0.39 is 12.6 Å². The molecule has 0 aliphatic rings. The first-order chi connectivity index (χ1) is 7.79. The molecule has 1 atom stereocenters. The molecule has 0 radical (unpaired) electrons. The van der Waals surface area contributed by atoms with Crippen LogP contribution in [0.2, 0.25) is 0 Å². The predicted octanol–water partition coefficient (Wildman–Crippen LogP) is 3.80. The van der Waals surface area contributed by atoms with Gasteiger partial charge in [-0.3, -0.25) is 0 Å². The van der Waals surface area contributed by atoms with Crippen molar-refractivity contribution in [2.75, 3.05) is 6.61 Å². The van der Waals surface area contributed by atoms with Crippen molar-refractivity contribution in [2.24, 2.45) is 5.73 Å². The molecule has 0 amide bonds. The van der Waals surface area contributed by atoms with Gasteiger partial charge in [-0.15, -0.1) is 0 Å². The van der Waals surface area contributed by atoms with Gasteiger partial charge in [0.05, 0.1) is 17.5 Å². The summed E-state index contributed by atoms with van der Waals surface area (Å²) in [5.41, 5.74) is 6.57. The Morgan fingerprint density at radius 3 is 2.53 bits per heavy atom. The average Bonchev–Trinajstić information content (AvgIpc) is 2.18.